The average Bonchev–Trinajstić information content (AvgIpc) is 2.75. The first-order valence-electron chi connectivity index (χ1n) is 10.1. The lowest BCUT2D eigenvalue weighted by molar-refractivity contribution is 0.128. The molecule has 2 aromatic heterocycles. The first kappa shape index (κ1) is 19.2. The van der Waals surface area contributed by atoms with E-state index in [-0.39, 0.29) is 11.1 Å². The van der Waals surface area contributed by atoms with Crippen LogP contribution in [0.3, 0.4) is 0 Å². The van der Waals surface area contributed by atoms with Gasteiger partial charge in [-0.3, -0.25) is 14.5 Å². The van der Waals surface area contributed by atoms with E-state index in [1.54, 1.807) is 16.8 Å². The van der Waals surface area contributed by atoms with Crippen molar-refractivity contribution in [3.05, 3.63) is 80.5 Å². The van der Waals surface area contributed by atoms with Gasteiger partial charge in [0.1, 0.15) is 11.6 Å². The maximum absolute atomic E-state index is 12.9. The number of fused-ring (bicyclic) bond motifs is 1. The van der Waals surface area contributed by atoms with E-state index in [9.17, 15) is 9.59 Å². The van der Waals surface area contributed by atoms with Crippen LogP contribution in [0, 0.1) is 11.3 Å². The number of pyridine rings is 2. The van der Waals surface area contributed by atoms with Crippen molar-refractivity contribution >= 4 is 10.9 Å². The largest absolute Gasteiger partial charge is 0.321 e. The Kier molecular flexibility index (Phi) is 5.59. The second-order valence-corrected chi connectivity index (χ2v) is 7.66. The highest BCUT2D eigenvalue weighted by Gasteiger charge is 2.22. The lowest BCUT2D eigenvalue weighted by Gasteiger charge is -2.36. The molecule has 29 heavy (non-hydrogen) atoms. The normalized spacial score (nSPS) is 17.3. The van der Waals surface area contributed by atoms with Crippen LogP contribution in [0.4, 0.5) is 0 Å². The minimum absolute atomic E-state index is 0.0336. The Morgan fingerprint density at radius 3 is 2.76 bits per heavy atom. The van der Waals surface area contributed by atoms with Crippen LogP contribution in [0.25, 0.3) is 10.9 Å². The van der Waals surface area contributed by atoms with Gasteiger partial charge in [0.05, 0.1) is 10.9 Å². The average molecular weight is 388 g/mol. The molecule has 1 N–H and O–H groups in total. The van der Waals surface area contributed by atoms with Crippen molar-refractivity contribution in [2.45, 2.75) is 44.8 Å². The number of nitriles is 1. The summed E-state index contributed by atoms with van der Waals surface area (Å²) in [5, 5.41) is 9.46. The van der Waals surface area contributed by atoms with Crippen LogP contribution in [-0.4, -0.2) is 27.0 Å². The maximum atomic E-state index is 12.9. The van der Waals surface area contributed by atoms with Crippen LogP contribution in [0.5, 0.6) is 0 Å². The molecule has 0 bridgehead atoms. The van der Waals surface area contributed by atoms with Crippen molar-refractivity contribution in [3.8, 4) is 6.07 Å². The summed E-state index contributed by atoms with van der Waals surface area (Å²) < 4.78 is 1.69. The van der Waals surface area contributed by atoms with Gasteiger partial charge in [0, 0.05) is 25.3 Å². The van der Waals surface area contributed by atoms with Crippen molar-refractivity contribution in [1.29, 1.82) is 5.26 Å². The Morgan fingerprint density at radius 2 is 1.97 bits per heavy atom. The number of likely N-dealkylation sites (tertiary alicyclic amines) is 1. The molecule has 3 aromatic rings. The third-order valence-electron chi connectivity index (χ3n) is 5.79. The molecule has 1 aliphatic rings. The van der Waals surface area contributed by atoms with Gasteiger partial charge in [0.2, 0.25) is 0 Å². The summed E-state index contributed by atoms with van der Waals surface area (Å²) in [6.45, 7) is 2.63. The fourth-order valence-electron chi connectivity index (χ4n) is 4.20. The van der Waals surface area contributed by atoms with Crippen molar-refractivity contribution in [2.24, 2.45) is 0 Å². The minimum atomic E-state index is -0.462. The highest BCUT2D eigenvalue weighted by atomic mass is 16.1. The molecule has 1 fully saturated rings. The summed E-state index contributed by atoms with van der Waals surface area (Å²) >= 11 is 0. The topological polar surface area (TPSA) is 81.9 Å². The molecule has 148 valence electrons. The van der Waals surface area contributed by atoms with Crippen molar-refractivity contribution < 1.29 is 0 Å². The number of nitrogens with zero attached hydrogens (tertiary/aromatic N) is 3. The predicted molar refractivity (Wildman–Crippen MR) is 113 cm³/mol. The van der Waals surface area contributed by atoms with E-state index in [2.05, 4.69) is 34.1 Å². The van der Waals surface area contributed by atoms with Gasteiger partial charge in [-0.05, 0) is 43.5 Å². The molecular weight excluding hydrogens is 364 g/mol. The maximum Gasteiger partial charge on any atom is 0.266 e. The highest BCUT2D eigenvalue weighted by molar-refractivity contribution is 5.78. The molecule has 0 radical (unpaired) electrons. The molecule has 0 spiro atoms. The molecule has 0 unspecified atom stereocenters. The van der Waals surface area contributed by atoms with Gasteiger partial charge < -0.3 is 9.55 Å². The van der Waals surface area contributed by atoms with Crippen molar-refractivity contribution in [1.82, 2.24) is 14.5 Å². The molecule has 0 saturated carbocycles. The van der Waals surface area contributed by atoms with Crippen LogP contribution < -0.4 is 11.1 Å². The van der Waals surface area contributed by atoms with E-state index >= 15 is 0 Å². The Morgan fingerprint density at radius 1 is 1.14 bits per heavy atom. The SMILES string of the molecule is N#Cc1cc2c(=O)n(CC[C@H]3CCCCN3Cc3ccccc3)ccc2[nH]c1=O. The zero-order chi connectivity index (χ0) is 20.2. The van der Waals surface area contributed by atoms with Gasteiger partial charge in [0.25, 0.3) is 11.1 Å². The summed E-state index contributed by atoms with van der Waals surface area (Å²) in [6.07, 6.45) is 6.20. The standard InChI is InChI=1S/C23H24N4O2/c24-15-18-14-20-21(25-22(18)28)10-13-26(23(20)29)12-9-19-8-4-5-11-27(19)16-17-6-2-1-3-7-17/h1-3,6-7,10,13-14,19H,4-5,8-9,11-12,16H2,(H,25,28)/t19-/m1/s1. The zero-order valence-corrected chi connectivity index (χ0v) is 16.3. The Bertz CT molecular complexity index is 1160. The molecule has 6 nitrogen and oxygen atoms in total. The van der Waals surface area contributed by atoms with Crippen molar-refractivity contribution in [2.75, 3.05) is 6.54 Å². The molecule has 1 saturated heterocycles. The number of hydrogen-bond acceptors (Lipinski definition) is 4. The van der Waals surface area contributed by atoms with Gasteiger partial charge in [-0.1, -0.05) is 36.8 Å². The van der Waals surface area contributed by atoms with E-state index in [4.69, 9.17) is 5.26 Å². The van der Waals surface area contributed by atoms with Crippen molar-refractivity contribution in [3.63, 3.8) is 0 Å². The number of rotatable bonds is 5. The van der Waals surface area contributed by atoms with Crippen LogP contribution >= 0.6 is 0 Å². The fourth-order valence-corrected chi connectivity index (χ4v) is 4.20. The van der Waals surface area contributed by atoms with Crippen LogP contribution in [0.1, 0.15) is 36.8 Å². The third-order valence-corrected chi connectivity index (χ3v) is 5.79. The summed E-state index contributed by atoms with van der Waals surface area (Å²) in [7, 11) is 0. The second-order valence-electron chi connectivity index (χ2n) is 7.66. The summed E-state index contributed by atoms with van der Waals surface area (Å²) in [5.41, 5.74) is 1.12. The van der Waals surface area contributed by atoms with Gasteiger partial charge >= 0.3 is 0 Å². The third kappa shape index (κ3) is 4.15. The quantitative estimate of drug-likeness (QED) is 0.728. The number of aromatic amines is 1. The number of benzene rings is 1. The fraction of sp³-hybridized carbons (Fsp3) is 0.348. The summed E-state index contributed by atoms with van der Waals surface area (Å²) in [6, 6.07) is 15.9. The molecule has 0 amide bonds. The van der Waals surface area contributed by atoms with E-state index in [0.717, 1.165) is 25.9 Å². The monoisotopic (exact) mass is 388 g/mol. The van der Waals surface area contributed by atoms with E-state index in [1.165, 1.54) is 24.5 Å². The van der Waals surface area contributed by atoms with Crippen LogP contribution in [0.2, 0.25) is 0 Å². The van der Waals surface area contributed by atoms with Gasteiger partial charge in [-0.15, -0.1) is 0 Å². The number of H-pyrrole nitrogens is 1. The number of aryl methyl sites for hydroxylation is 1. The molecule has 6 heteroatoms. The molecular formula is C23H24N4O2. The molecule has 4 rings (SSSR count). The molecule has 3 heterocycles. The van der Waals surface area contributed by atoms with E-state index < -0.39 is 5.56 Å². The molecule has 1 aliphatic heterocycles. The molecule has 0 aliphatic carbocycles. The number of nitrogens with one attached hydrogen (secondary N) is 1. The second kappa shape index (κ2) is 8.46. The van der Waals surface area contributed by atoms with E-state index in [1.807, 2.05) is 12.1 Å². The highest BCUT2D eigenvalue weighted by Crippen LogP contribution is 2.22. The van der Waals surface area contributed by atoms with Gasteiger partial charge in [0.15, 0.2) is 0 Å². The van der Waals surface area contributed by atoms with Gasteiger partial charge in [-0.25, -0.2) is 0 Å². The predicted octanol–water partition coefficient (Wildman–Crippen LogP) is 3.01. The summed E-state index contributed by atoms with van der Waals surface area (Å²) in [4.78, 5) is 29.8. The number of aromatic nitrogens is 2. The number of hydrogen-bond donors (Lipinski definition) is 1. The van der Waals surface area contributed by atoms with E-state index in [0.29, 0.717) is 23.5 Å². The lowest BCUT2D eigenvalue weighted by atomic mass is 9.98. The summed E-state index contributed by atoms with van der Waals surface area (Å²) in [5.74, 6) is 0. The first-order chi connectivity index (χ1) is 14.2. The lowest BCUT2D eigenvalue weighted by Crippen LogP contribution is -2.40. The first-order valence-corrected chi connectivity index (χ1v) is 10.1. The molecule has 1 aromatic carbocycles. The van der Waals surface area contributed by atoms with Gasteiger partial charge in [-0.2, -0.15) is 5.26 Å². The smallest absolute Gasteiger partial charge is 0.266 e. The Labute approximate surface area is 169 Å². The van der Waals surface area contributed by atoms with Crippen LogP contribution in [0.15, 0.2) is 58.3 Å². The minimum Gasteiger partial charge on any atom is -0.321 e. The van der Waals surface area contributed by atoms with Crippen LogP contribution in [-0.2, 0) is 13.1 Å². The zero-order valence-electron chi connectivity index (χ0n) is 16.3. The Balaban J connectivity index is 1.52. The Hall–Kier alpha value is -3.17. The molecule has 1 atom stereocenters. The number of piperidine rings is 1.